The molecule has 0 bridgehead atoms. The summed E-state index contributed by atoms with van der Waals surface area (Å²) >= 11 is 0. The van der Waals surface area contributed by atoms with Crippen molar-refractivity contribution in [2.75, 3.05) is 45.4 Å². The number of anilines is 1. The Bertz CT molecular complexity index is 321. The molecule has 0 radical (unpaired) electrons. The average Bonchev–Trinajstić information content (AvgIpc) is 2.39. The Hall–Kier alpha value is -1.53. The van der Waals surface area contributed by atoms with E-state index in [1.54, 1.807) is 14.2 Å². The summed E-state index contributed by atoms with van der Waals surface area (Å²) in [5, 5.41) is 0. The van der Waals surface area contributed by atoms with Crippen LogP contribution in [0.2, 0.25) is 0 Å². The van der Waals surface area contributed by atoms with E-state index in [0.717, 1.165) is 6.29 Å². The predicted molar refractivity (Wildman–Crippen MR) is 63.4 cm³/mol. The largest absolute Gasteiger partial charge is 0.383 e. The van der Waals surface area contributed by atoms with Gasteiger partial charge in [0.15, 0.2) is 6.29 Å². The van der Waals surface area contributed by atoms with Crippen molar-refractivity contribution in [3.63, 3.8) is 0 Å². The third-order valence-corrected chi connectivity index (χ3v) is 2.21. The molecule has 0 unspecified atom stereocenters. The molecule has 94 valence electrons. The highest BCUT2D eigenvalue weighted by atomic mass is 16.5. The highest BCUT2D eigenvalue weighted by Gasteiger charge is 2.08. The third kappa shape index (κ3) is 4.46. The molecule has 0 spiro atoms. The Balaban J connectivity index is 2.68. The molecule has 6 heteroatoms. The molecule has 1 aromatic rings. The minimum absolute atomic E-state index is 0.465. The fourth-order valence-electron chi connectivity index (χ4n) is 1.27. The Morgan fingerprint density at radius 1 is 1.18 bits per heavy atom. The minimum Gasteiger partial charge on any atom is -0.383 e. The molecule has 1 aromatic heterocycles. The number of rotatable bonds is 8. The summed E-state index contributed by atoms with van der Waals surface area (Å²) in [5.74, 6) is 0.574. The third-order valence-electron chi connectivity index (χ3n) is 2.21. The second-order valence-electron chi connectivity index (χ2n) is 3.41. The maximum Gasteiger partial charge on any atom is 0.225 e. The molecule has 0 fully saturated rings. The first-order valence-electron chi connectivity index (χ1n) is 5.32. The SMILES string of the molecule is COCCN(CCOC)c1ncc(C=O)cn1. The van der Waals surface area contributed by atoms with Gasteiger partial charge in [-0.15, -0.1) is 0 Å². The van der Waals surface area contributed by atoms with Crippen molar-refractivity contribution < 1.29 is 14.3 Å². The summed E-state index contributed by atoms with van der Waals surface area (Å²) in [6, 6.07) is 0. The van der Waals surface area contributed by atoms with Crippen LogP contribution in [-0.4, -0.2) is 56.8 Å². The lowest BCUT2D eigenvalue weighted by Crippen LogP contribution is -2.32. The van der Waals surface area contributed by atoms with E-state index in [1.807, 2.05) is 4.90 Å². The summed E-state index contributed by atoms with van der Waals surface area (Å²) in [7, 11) is 3.29. The fourth-order valence-corrected chi connectivity index (χ4v) is 1.27. The molecule has 1 heterocycles. The number of aromatic nitrogens is 2. The number of aldehydes is 1. The molecular weight excluding hydrogens is 222 g/mol. The molecule has 0 aliphatic carbocycles. The maximum absolute atomic E-state index is 10.5. The fraction of sp³-hybridized carbons (Fsp3) is 0.545. The van der Waals surface area contributed by atoms with Crippen molar-refractivity contribution in [3.05, 3.63) is 18.0 Å². The Kier molecular flexibility index (Phi) is 6.13. The van der Waals surface area contributed by atoms with Gasteiger partial charge in [0.25, 0.3) is 0 Å². The first-order valence-corrected chi connectivity index (χ1v) is 5.32. The van der Waals surface area contributed by atoms with Crippen LogP contribution in [0.1, 0.15) is 10.4 Å². The quantitative estimate of drug-likeness (QED) is 0.611. The zero-order valence-electron chi connectivity index (χ0n) is 10.1. The molecule has 0 aliphatic rings. The van der Waals surface area contributed by atoms with Crippen molar-refractivity contribution in [2.45, 2.75) is 0 Å². The van der Waals surface area contributed by atoms with Gasteiger partial charge in [-0.1, -0.05) is 0 Å². The zero-order valence-corrected chi connectivity index (χ0v) is 10.1. The van der Waals surface area contributed by atoms with Crippen LogP contribution < -0.4 is 4.90 Å². The Morgan fingerprint density at radius 3 is 2.12 bits per heavy atom. The molecule has 1 rings (SSSR count). The lowest BCUT2D eigenvalue weighted by molar-refractivity contribution is 0.112. The van der Waals surface area contributed by atoms with Gasteiger partial charge in [0.05, 0.1) is 18.8 Å². The van der Waals surface area contributed by atoms with Crippen LogP contribution in [0.4, 0.5) is 5.95 Å². The van der Waals surface area contributed by atoms with Gasteiger partial charge in [-0.3, -0.25) is 4.79 Å². The van der Waals surface area contributed by atoms with Crippen LogP contribution >= 0.6 is 0 Å². The van der Waals surface area contributed by atoms with Gasteiger partial charge in [0, 0.05) is 39.7 Å². The van der Waals surface area contributed by atoms with Gasteiger partial charge in [0.2, 0.25) is 5.95 Å². The van der Waals surface area contributed by atoms with Crippen molar-refractivity contribution in [3.8, 4) is 0 Å². The van der Waals surface area contributed by atoms with Crippen LogP contribution in [0.5, 0.6) is 0 Å². The predicted octanol–water partition coefficient (Wildman–Crippen LogP) is 0.388. The molecule has 6 nitrogen and oxygen atoms in total. The van der Waals surface area contributed by atoms with Crippen LogP contribution in [0.3, 0.4) is 0 Å². The van der Waals surface area contributed by atoms with Crippen LogP contribution in [-0.2, 0) is 9.47 Å². The van der Waals surface area contributed by atoms with Crippen molar-refractivity contribution in [2.24, 2.45) is 0 Å². The molecule has 17 heavy (non-hydrogen) atoms. The number of hydrogen-bond donors (Lipinski definition) is 0. The first kappa shape index (κ1) is 13.5. The number of nitrogens with zero attached hydrogens (tertiary/aromatic N) is 3. The van der Waals surface area contributed by atoms with Gasteiger partial charge in [-0.2, -0.15) is 0 Å². The summed E-state index contributed by atoms with van der Waals surface area (Å²) < 4.78 is 10.0. The van der Waals surface area contributed by atoms with Gasteiger partial charge < -0.3 is 14.4 Å². The maximum atomic E-state index is 10.5. The number of hydrogen-bond acceptors (Lipinski definition) is 6. The van der Waals surface area contributed by atoms with E-state index in [1.165, 1.54) is 12.4 Å². The van der Waals surface area contributed by atoms with E-state index in [-0.39, 0.29) is 0 Å². The van der Waals surface area contributed by atoms with Gasteiger partial charge >= 0.3 is 0 Å². The molecule has 0 saturated carbocycles. The molecule has 0 N–H and O–H groups in total. The molecule has 0 aliphatic heterocycles. The first-order chi connectivity index (χ1) is 8.31. The summed E-state index contributed by atoms with van der Waals surface area (Å²) in [4.78, 5) is 20.7. The topological polar surface area (TPSA) is 64.6 Å². The van der Waals surface area contributed by atoms with Crippen LogP contribution in [0.15, 0.2) is 12.4 Å². The number of carbonyl (C=O) groups is 1. The molecule has 0 aromatic carbocycles. The van der Waals surface area contributed by atoms with Gasteiger partial charge in [0.1, 0.15) is 0 Å². The number of ether oxygens (including phenoxy) is 2. The standard InChI is InChI=1S/C11H17N3O3/c1-16-5-3-14(4-6-17-2)11-12-7-10(9-15)8-13-11/h7-9H,3-6H2,1-2H3. The molecular formula is C11H17N3O3. The average molecular weight is 239 g/mol. The van der Waals surface area contributed by atoms with Crippen LogP contribution in [0, 0.1) is 0 Å². The second kappa shape index (κ2) is 7.70. The van der Waals surface area contributed by atoms with E-state index in [2.05, 4.69) is 9.97 Å². The number of carbonyl (C=O) groups excluding carboxylic acids is 1. The van der Waals surface area contributed by atoms with E-state index >= 15 is 0 Å². The van der Waals surface area contributed by atoms with Crippen molar-refractivity contribution >= 4 is 12.2 Å². The molecule has 0 saturated heterocycles. The van der Waals surface area contributed by atoms with E-state index in [9.17, 15) is 4.79 Å². The van der Waals surface area contributed by atoms with E-state index in [0.29, 0.717) is 37.8 Å². The van der Waals surface area contributed by atoms with Crippen molar-refractivity contribution in [1.29, 1.82) is 0 Å². The zero-order chi connectivity index (χ0) is 12.5. The van der Waals surface area contributed by atoms with Gasteiger partial charge in [-0.25, -0.2) is 9.97 Å². The highest BCUT2D eigenvalue weighted by Crippen LogP contribution is 2.05. The molecule has 0 atom stereocenters. The summed E-state index contributed by atoms with van der Waals surface area (Å²) in [6.45, 7) is 2.53. The van der Waals surface area contributed by atoms with E-state index < -0.39 is 0 Å². The normalized spacial score (nSPS) is 10.2. The smallest absolute Gasteiger partial charge is 0.225 e. The molecule has 0 amide bonds. The second-order valence-corrected chi connectivity index (χ2v) is 3.41. The lowest BCUT2D eigenvalue weighted by Gasteiger charge is -2.21. The number of methoxy groups -OCH3 is 2. The summed E-state index contributed by atoms with van der Waals surface area (Å²) in [6.07, 6.45) is 3.72. The van der Waals surface area contributed by atoms with E-state index in [4.69, 9.17) is 9.47 Å². The van der Waals surface area contributed by atoms with Crippen molar-refractivity contribution in [1.82, 2.24) is 9.97 Å². The minimum atomic E-state index is 0.465. The van der Waals surface area contributed by atoms with Crippen LogP contribution in [0.25, 0.3) is 0 Å². The Labute approximate surface area is 101 Å². The Morgan fingerprint density at radius 2 is 1.71 bits per heavy atom. The lowest BCUT2D eigenvalue weighted by atomic mass is 10.4. The highest BCUT2D eigenvalue weighted by molar-refractivity contribution is 5.73. The van der Waals surface area contributed by atoms with Gasteiger partial charge in [-0.05, 0) is 0 Å². The summed E-state index contributed by atoms with van der Waals surface area (Å²) in [5.41, 5.74) is 0.465. The monoisotopic (exact) mass is 239 g/mol.